The molecule has 4 heterocycles. The molecule has 4 atom stereocenters. The number of Topliss-reactive ketones (excluding diaryl/α,β-unsaturated/α-hetero) is 2. The molecule has 6 rings (SSSR count). The average Bonchev–Trinajstić information content (AvgIpc) is 3.41. The summed E-state index contributed by atoms with van der Waals surface area (Å²) in [6.45, 7) is 7.51. The van der Waals surface area contributed by atoms with E-state index in [-0.39, 0.29) is 59.0 Å². The van der Waals surface area contributed by atoms with Gasteiger partial charge in [-0.3, -0.25) is 23.9 Å². The molecule has 2 aromatic heterocycles. The maximum absolute atomic E-state index is 14.1. The van der Waals surface area contributed by atoms with E-state index in [2.05, 4.69) is 20.4 Å². The van der Waals surface area contributed by atoms with Crippen LogP contribution >= 0.6 is 0 Å². The molecule has 0 spiro atoms. The standard InChI is InChI=1S/C33H40N6O5/c1-5-26(41)25-13-33-14-27(33)39(25)28(42)17-38-30-22(10-8-6-7-9-20(3)31(43)36-18-33)11-23(12-24(30)29(37-38)21(4)40)44-32-34-15-19(2)16-35-32/h11-12,15-16,20,25,27H,5-10,13-14,17-18H2,1-4H3,(H,36,43)/t20-,25+,27-,33+/m1/s1. The highest BCUT2D eigenvalue weighted by Crippen LogP contribution is 2.59. The molecule has 1 aromatic carbocycles. The minimum absolute atomic E-state index is 0.0228. The van der Waals surface area contributed by atoms with Crippen molar-refractivity contribution in [1.29, 1.82) is 0 Å². The Labute approximate surface area is 256 Å². The first kappa shape index (κ1) is 29.9. The number of amides is 2. The summed E-state index contributed by atoms with van der Waals surface area (Å²) in [7, 11) is 0. The quantitative estimate of drug-likeness (QED) is 0.427. The molecule has 232 valence electrons. The van der Waals surface area contributed by atoms with Gasteiger partial charge in [-0.2, -0.15) is 5.10 Å². The fourth-order valence-corrected chi connectivity index (χ4v) is 7.01. The fraction of sp³-hybridized carbons (Fsp3) is 0.545. The molecular formula is C33H40N6O5. The van der Waals surface area contributed by atoms with Crippen molar-refractivity contribution in [3.63, 3.8) is 0 Å². The zero-order valence-corrected chi connectivity index (χ0v) is 25.9. The lowest BCUT2D eigenvalue weighted by atomic mass is 9.95. The highest BCUT2D eigenvalue weighted by Gasteiger charge is 2.66. The van der Waals surface area contributed by atoms with Gasteiger partial charge in [0.15, 0.2) is 11.6 Å². The van der Waals surface area contributed by atoms with Crippen molar-refractivity contribution in [1.82, 2.24) is 30.0 Å². The van der Waals surface area contributed by atoms with Crippen LogP contribution in [0.4, 0.5) is 0 Å². The summed E-state index contributed by atoms with van der Waals surface area (Å²) >= 11 is 0. The Morgan fingerprint density at radius 3 is 2.61 bits per heavy atom. The average molecular weight is 601 g/mol. The topological polar surface area (TPSA) is 136 Å². The number of benzene rings is 1. The number of rotatable bonds is 5. The molecule has 11 nitrogen and oxygen atoms in total. The van der Waals surface area contributed by atoms with Crippen LogP contribution in [0.2, 0.25) is 0 Å². The summed E-state index contributed by atoms with van der Waals surface area (Å²) in [5.74, 6) is -0.0112. The first-order valence-electron chi connectivity index (χ1n) is 15.7. The molecule has 1 N–H and O–H groups in total. The lowest BCUT2D eigenvalue weighted by Gasteiger charge is -2.26. The van der Waals surface area contributed by atoms with E-state index < -0.39 is 6.04 Å². The van der Waals surface area contributed by atoms with Gasteiger partial charge in [0.05, 0.1) is 11.6 Å². The van der Waals surface area contributed by atoms with Crippen LogP contribution in [-0.4, -0.2) is 66.7 Å². The maximum atomic E-state index is 14.1. The summed E-state index contributed by atoms with van der Waals surface area (Å²) in [6, 6.07) is 3.24. The zero-order valence-electron chi connectivity index (χ0n) is 25.9. The third kappa shape index (κ3) is 5.59. The summed E-state index contributed by atoms with van der Waals surface area (Å²) in [5, 5.41) is 8.41. The summed E-state index contributed by atoms with van der Waals surface area (Å²) in [6.07, 6.45) is 9.08. The lowest BCUT2D eigenvalue weighted by molar-refractivity contribution is -0.139. The van der Waals surface area contributed by atoms with Crippen LogP contribution < -0.4 is 10.1 Å². The number of aromatic nitrogens is 4. The van der Waals surface area contributed by atoms with Gasteiger partial charge in [-0.15, -0.1) is 0 Å². The second-order valence-corrected chi connectivity index (χ2v) is 12.8. The molecule has 2 fully saturated rings. The van der Waals surface area contributed by atoms with Crippen molar-refractivity contribution in [3.8, 4) is 11.8 Å². The molecule has 3 aliphatic rings. The summed E-state index contributed by atoms with van der Waals surface area (Å²) in [5.41, 5.74) is 2.51. The number of ketones is 2. The number of nitrogens with one attached hydrogen (secondary N) is 1. The Bertz CT molecular complexity index is 1630. The molecule has 2 aliphatic heterocycles. The fourth-order valence-electron chi connectivity index (χ4n) is 7.01. The van der Waals surface area contributed by atoms with Crippen LogP contribution in [0.1, 0.15) is 87.3 Å². The molecule has 3 aromatic rings. The molecule has 0 radical (unpaired) electrons. The molecule has 44 heavy (non-hydrogen) atoms. The summed E-state index contributed by atoms with van der Waals surface area (Å²) in [4.78, 5) is 63.2. The van der Waals surface area contributed by atoms with Gasteiger partial charge >= 0.3 is 6.01 Å². The monoisotopic (exact) mass is 600 g/mol. The molecule has 11 heteroatoms. The smallest absolute Gasteiger partial charge is 0.321 e. The van der Waals surface area contributed by atoms with Crippen molar-refractivity contribution in [3.05, 3.63) is 41.3 Å². The van der Waals surface area contributed by atoms with Crippen LogP contribution in [0.15, 0.2) is 24.5 Å². The van der Waals surface area contributed by atoms with Crippen LogP contribution in [0.3, 0.4) is 0 Å². The predicted octanol–water partition coefficient (Wildman–Crippen LogP) is 4.34. The van der Waals surface area contributed by atoms with E-state index in [9.17, 15) is 19.2 Å². The molecule has 2 amide bonds. The highest BCUT2D eigenvalue weighted by molar-refractivity contribution is 6.06. The highest BCUT2D eigenvalue weighted by atomic mass is 16.5. The normalized spacial score (nSPS) is 25.7. The van der Waals surface area contributed by atoms with Gasteiger partial charge in [-0.25, -0.2) is 9.97 Å². The number of hydrogen-bond acceptors (Lipinski definition) is 8. The number of carbonyl (C=O) groups is 4. The molecular weight excluding hydrogens is 560 g/mol. The predicted molar refractivity (Wildman–Crippen MR) is 162 cm³/mol. The maximum Gasteiger partial charge on any atom is 0.321 e. The van der Waals surface area contributed by atoms with E-state index in [1.54, 1.807) is 28.0 Å². The molecule has 0 unspecified atom stereocenters. The number of aryl methyl sites for hydroxylation is 2. The number of hydrogen-bond donors (Lipinski definition) is 1. The molecule has 1 saturated carbocycles. The van der Waals surface area contributed by atoms with Crippen molar-refractivity contribution in [2.45, 2.75) is 97.7 Å². The van der Waals surface area contributed by atoms with Crippen molar-refractivity contribution >= 4 is 34.3 Å². The van der Waals surface area contributed by atoms with Gasteiger partial charge in [0.25, 0.3) is 0 Å². The number of piperidine rings is 1. The van der Waals surface area contributed by atoms with Gasteiger partial charge in [0.1, 0.15) is 18.0 Å². The van der Waals surface area contributed by atoms with E-state index in [1.165, 1.54) is 6.92 Å². The van der Waals surface area contributed by atoms with Gasteiger partial charge in [0.2, 0.25) is 11.8 Å². The van der Waals surface area contributed by atoms with Crippen LogP contribution in [0.25, 0.3) is 10.9 Å². The van der Waals surface area contributed by atoms with Crippen LogP contribution in [0.5, 0.6) is 11.8 Å². The lowest BCUT2D eigenvalue weighted by Crippen LogP contribution is -2.44. The first-order valence-corrected chi connectivity index (χ1v) is 15.7. The Morgan fingerprint density at radius 1 is 1.11 bits per heavy atom. The summed E-state index contributed by atoms with van der Waals surface area (Å²) < 4.78 is 7.67. The second-order valence-electron chi connectivity index (χ2n) is 12.8. The first-order chi connectivity index (χ1) is 21.1. The van der Waals surface area contributed by atoms with Gasteiger partial charge in [-0.05, 0) is 62.3 Å². The molecule has 2 bridgehead atoms. The van der Waals surface area contributed by atoms with Crippen molar-refractivity contribution in [2.75, 3.05) is 6.54 Å². The Kier molecular flexibility index (Phi) is 7.98. The van der Waals surface area contributed by atoms with E-state index in [0.717, 1.165) is 48.7 Å². The number of carbonyl (C=O) groups excluding carboxylic acids is 4. The van der Waals surface area contributed by atoms with Gasteiger partial charge < -0.3 is 15.0 Å². The number of ether oxygens (including phenoxy) is 1. The van der Waals surface area contributed by atoms with Gasteiger partial charge in [0, 0.05) is 55.0 Å². The van der Waals surface area contributed by atoms with Crippen LogP contribution in [0, 0.1) is 18.3 Å². The SMILES string of the molecule is CCC(=O)[C@@H]1C[C@]23CNC(=O)[C@H](C)CCCCCc4cc(Oc5ncc(C)cn5)cc5c(C(C)=O)nn(c45)CC(=O)N1[C@@H]2C3. The van der Waals surface area contributed by atoms with Crippen molar-refractivity contribution in [2.24, 2.45) is 11.3 Å². The van der Waals surface area contributed by atoms with E-state index >= 15 is 0 Å². The Hall–Kier alpha value is -4.15. The van der Waals surface area contributed by atoms with E-state index in [4.69, 9.17) is 4.74 Å². The minimum Gasteiger partial charge on any atom is -0.424 e. The Morgan fingerprint density at radius 2 is 1.89 bits per heavy atom. The third-order valence-electron chi connectivity index (χ3n) is 9.55. The van der Waals surface area contributed by atoms with E-state index in [0.29, 0.717) is 36.9 Å². The third-order valence-corrected chi connectivity index (χ3v) is 9.55. The zero-order chi connectivity index (χ0) is 31.2. The largest absolute Gasteiger partial charge is 0.424 e. The Balaban J connectivity index is 1.41. The second kappa shape index (κ2) is 11.7. The molecule has 1 aliphatic carbocycles. The van der Waals surface area contributed by atoms with E-state index in [1.807, 2.05) is 26.8 Å². The number of nitrogens with zero attached hydrogens (tertiary/aromatic N) is 5. The minimum atomic E-state index is -0.525. The molecule has 1 saturated heterocycles. The van der Waals surface area contributed by atoms with Gasteiger partial charge in [-0.1, -0.05) is 26.7 Å². The van der Waals surface area contributed by atoms with Crippen molar-refractivity contribution < 1.29 is 23.9 Å². The van der Waals surface area contributed by atoms with Crippen LogP contribution in [-0.2, 0) is 27.3 Å².